The van der Waals surface area contributed by atoms with Crippen LogP contribution in [-0.2, 0) is 4.74 Å². The molecule has 1 aromatic heterocycles. The number of aliphatic hydroxyl groups excluding tert-OH is 3. The van der Waals surface area contributed by atoms with E-state index in [0.717, 1.165) is 28.6 Å². The van der Waals surface area contributed by atoms with Gasteiger partial charge in [-0.25, -0.2) is 17.9 Å². The molecule has 0 saturated carbocycles. The van der Waals surface area contributed by atoms with E-state index in [1.165, 1.54) is 12.3 Å². The van der Waals surface area contributed by atoms with Crippen molar-refractivity contribution in [3.63, 3.8) is 0 Å². The molecule has 7 nitrogen and oxygen atoms in total. The van der Waals surface area contributed by atoms with Gasteiger partial charge in [-0.15, -0.1) is 5.10 Å². The van der Waals surface area contributed by atoms with Crippen LogP contribution in [0.4, 0.5) is 13.2 Å². The Morgan fingerprint density at radius 3 is 2.39 bits per heavy atom. The van der Waals surface area contributed by atoms with Crippen molar-refractivity contribution >= 4 is 35.0 Å². The van der Waals surface area contributed by atoms with E-state index in [1.54, 1.807) is 12.1 Å². The Kier molecular flexibility index (Phi) is 7.20. The van der Waals surface area contributed by atoms with Gasteiger partial charge in [0.05, 0.1) is 17.8 Å². The Morgan fingerprint density at radius 1 is 1.06 bits per heavy atom. The molecule has 0 amide bonds. The maximum Gasteiger partial charge on any atom is 0.194 e. The minimum absolute atomic E-state index is 0.0239. The highest BCUT2D eigenvalue weighted by atomic mass is 35.5. The van der Waals surface area contributed by atoms with Crippen molar-refractivity contribution in [3.05, 3.63) is 64.0 Å². The largest absolute Gasteiger partial charge is 0.394 e. The average Bonchev–Trinajstić information content (AvgIpc) is 3.25. The molecule has 0 radical (unpaired) electrons. The molecule has 1 saturated heterocycles. The molecule has 4 rings (SSSR count). The number of aliphatic hydroxyl groups is 3. The van der Waals surface area contributed by atoms with Crippen LogP contribution in [0.15, 0.2) is 41.4 Å². The van der Waals surface area contributed by atoms with Gasteiger partial charge >= 0.3 is 0 Å². The van der Waals surface area contributed by atoms with E-state index in [2.05, 4.69) is 10.3 Å². The Hall–Kier alpha value is -1.86. The number of rotatable bonds is 5. The van der Waals surface area contributed by atoms with Crippen LogP contribution < -0.4 is 0 Å². The van der Waals surface area contributed by atoms with E-state index in [1.807, 2.05) is 0 Å². The lowest BCUT2D eigenvalue weighted by Gasteiger charge is -2.41. The second-order valence-electron chi connectivity index (χ2n) is 7.23. The van der Waals surface area contributed by atoms with Gasteiger partial charge in [0.25, 0.3) is 0 Å². The van der Waals surface area contributed by atoms with Crippen LogP contribution in [0.3, 0.4) is 0 Å². The van der Waals surface area contributed by atoms with Crippen molar-refractivity contribution in [3.8, 4) is 11.3 Å². The molecule has 1 fully saturated rings. The quantitative estimate of drug-likeness (QED) is 0.442. The summed E-state index contributed by atoms with van der Waals surface area (Å²) in [6.45, 7) is -0.564. The van der Waals surface area contributed by atoms with E-state index < -0.39 is 53.8 Å². The van der Waals surface area contributed by atoms with Crippen molar-refractivity contribution in [2.75, 3.05) is 6.61 Å². The van der Waals surface area contributed by atoms with E-state index >= 15 is 0 Å². The fourth-order valence-corrected chi connectivity index (χ4v) is 5.04. The van der Waals surface area contributed by atoms with Gasteiger partial charge in [-0.2, -0.15) is 0 Å². The van der Waals surface area contributed by atoms with Crippen molar-refractivity contribution in [1.82, 2.24) is 15.0 Å². The smallest absolute Gasteiger partial charge is 0.194 e. The summed E-state index contributed by atoms with van der Waals surface area (Å²) in [6.07, 6.45) is -2.62. The number of ether oxygens (including phenoxy) is 1. The Bertz CT molecular complexity index is 1150. The summed E-state index contributed by atoms with van der Waals surface area (Å²) in [7, 11) is 0. The third kappa shape index (κ3) is 4.85. The van der Waals surface area contributed by atoms with Gasteiger partial charge in [0.1, 0.15) is 35.5 Å². The fourth-order valence-electron chi connectivity index (χ4n) is 3.43. The molecule has 3 aromatic rings. The van der Waals surface area contributed by atoms with Crippen LogP contribution in [0.5, 0.6) is 0 Å². The van der Waals surface area contributed by atoms with Crippen molar-refractivity contribution in [2.24, 2.45) is 0 Å². The Morgan fingerprint density at radius 2 is 1.76 bits per heavy atom. The number of hydrogen-bond acceptors (Lipinski definition) is 7. The number of benzene rings is 2. The van der Waals surface area contributed by atoms with Gasteiger partial charge in [0.15, 0.2) is 17.5 Å². The van der Waals surface area contributed by atoms with Crippen LogP contribution >= 0.6 is 35.0 Å². The van der Waals surface area contributed by atoms with Crippen molar-refractivity contribution in [2.45, 2.75) is 34.7 Å². The number of nitrogens with zero attached hydrogens (tertiary/aromatic N) is 3. The first kappa shape index (κ1) is 24.3. The zero-order chi connectivity index (χ0) is 23.9. The molecule has 0 spiro atoms. The van der Waals surface area contributed by atoms with Gasteiger partial charge in [-0.05, 0) is 30.3 Å². The van der Waals surface area contributed by atoms with Crippen LogP contribution in [0, 0.1) is 17.5 Å². The molecular weight excluding hydrogens is 506 g/mol. The first-order chi connectivity index (χ1) is 15.7. The first-order valence-electron chi connectivity index (χ1n) is 9.50. The highest BCUT2D eigenvalue weighted by molar-refractivity contribution is 8.00. The molecule has 1 aliphatic rings. The van der Waals surface area contributed by atoms with Crippen LogP contribution in [-0.4, -0.2) is 60.7 Å². The SMILES string of the molecule is OCC1O[C@H](Sc2ccc(Cl)cc2Cl)[C@@H](O)C(n2cc(-c3cc(F)c(F)c(F)c3)nn2)[C@H]1O. The Labute approximate surface area is 199 Å². The summed E-state index contributed by atoms with van der Waals surface area (Å²) in [6, 6.07) is 5.11. The third-order valence-electron chi connectivity index (χ3n) is 5.08. The molecule has 2 heterocycles. The molecular formula is C20H16Cl2F3N3O4S. The summed E-state index contributed by atoms with van der Waals surface area (Å²) in [4.78, 5) is 0.536. The van der Waals surface area contributed by atoms with Crippen molar-refractivity contribution < 1.29 is 33.2 Å². The second-order valence-corrected chi connectivity index (χ2v) is 9.21. The predicted molar refractivity (Wildman–Crippen MR) is 114 cm³/mol. The summed E-state index contributed by atoms with van der Waals surface area (Å²) in [5.41, 5.74) is -1.10. The zero-order valence-electron chi connectivity index (χ0n) is 16.4. The van der Waals surface area contributed by atoms with Crippen molar-refractivity contribution in [1.29, 1.82) is 0 Å². The molecule has 0 aliphatic carbocycles. The molecule has 5 atom stereocenters. The van der Waals surface area contributed by atoms with Gasteiger partial charge in [-0.3, -0.25) is 0 Å². The van der Waals surface area contributed by atoms with Crippen LogP contribution in [0.2, 0.25) is 10.0 Å². The monoisotopic (exact) mass is 521 g/mol. The molecule has 13 heteroatoms. The molecule has 33 heavy (non-hydrogen) atoms. The van der Waals surface area contributed by atoms with E-state index in [4.69, 9.17) is 27.9 Å². The fraction of sp³-hybridized carbons (Fsp3) is 0.300. The normalized spacial score (nSPS) is 25.4. The summed E-state index contributed by atoms with van der Waals surface area (Å²) >= 11 is 13.2. The first-order valence-corrected chi connectivity index (χ1v) is 11.1. The lowest BCUT2D eigenvalue weighted by atomic mass is 9.97. The summed E-state index contributed by atoms with van der Waals surface area (Å²) < 4.78 is 47.2. The number of halogens is 5. The lowest BCUT2D eigenvalue weighted by Crippen LogP contribution is -2.55. The van der Waals surface area contributed by atoms with E-state index in [0.29, 0.717) is 14.9 Å². The molecule has 2 aromatic carbocycles. The summed E-state index contributed by atoms with van der Waals surface area (Å²) in [5, 5.41) is 39.7. The summed E-state index contributed by atoms with van der Waals surface area (Å²) in [5.74, 6) is -4.42. The molecule has 3 N–H and O–H groups in total. The molecule has 176 valence electrons. The molecule has 0 bridgehead atoms. The standard InChI is InChI=1S/C20H16Cl2F3N3O4S/c21-9-1-2-15(10(22)5-9)33-20-19(31)17(18(30)14(7-29)32-20)28-6-13(26-27-28)8-3-11(23)16(25)12(24)4-8/h1-6,14,17-20,29-31H,7H2/t14?,17?,18-,19-,20+/m0/s1. The highest BCUT2D eigenvalue weighted by Gasteiger charge is 2.46. The number of aromatic nitrogens is 3. The topological polar surface area (TPSA) is 101 Å². The van der Waals surface area contributed by atoms with Crippen LogP contribution in [0.1, 0.15) is 6.04 Å². The Balaban J connectivity index is 1.64. The highest BCUT2D eigenvalue weighted by Crippen LogP contribution is 2.40. The molecule has 2 unspecified atom stereocenters. The maximum atomic E-state index is 13.6. The van der Waals surface area contributed by atoms with E-state index in [-0.39, 0.29) is 11.3 Å². The lowest BCUT2D eigenvalue weighted by molar-refractivity contribution is -0.178. The van der Waals surface area contributed by atoms with E-state index in [9.17, 15) is 28.5 Å². The van der Waals surface area contributed by atoms with Crippen LogP contribution in [0.25, 0.3) is 11.3 Å². The zero-order valence-corrected chi connectivity index (χ0v) is 18.8. The van der Waals surface area contributed by atoms with Gasteiger partial charge in [0, 0.05) is 15.5 Å². The minimum atomic E-state index is -1.62. The third-order valence-corrected chi connectivity index (χ3v) is 6.97. The predicted octanol–water partition coefficient (Wildman–Crippen LogP) is 3.44. The number of thioether (sulfide) groups is 1. The average molecular weight is 522 g/mol. The van der Waals surface area contributed by atoms with Gasteiger partial charge in [0.2, 0.25) is 0 Å². The minimum Gasteiger partial charge on any atom is -0.394 e. The molecule has 1 aliphatic heterocycles. The van der Waals surface area contributed by atoms with Gasteiger partial charge < -0.3 is 20.1 Å². The van der Waals surface area contributed by atoms with Gasteiger partial charge in [-0.1, -0.05) is 40.2 Å². The number of hydrogen-bond donors (Lipinski definition) is 3. The second kappa shape index (κ2) is 9.79. The maximum absolute atomic E-state index is 13.6.